The molecule has 158 valence electrons. The zero-order valence-corrected chi connectivity index (χ0v) is 17.6. The second kappa shape index (κ2) is 10.2. The van der Waals surface area contributed by atoms with Gasteiger partial charge in [-0.05, 0) is 39.0 Å². The van der Waals surface area contributed by atoms with Crippen LogP contribution in [0.15, 0.2) is 12.4 Å². The van der Waals surface area contributed by atoms with E-state index in [9.17, 15) is 4.79 Å². The van der Waals surface area contributed by atoms with Gasteiger partial charge in [0.15, 0.2) is 0 Å². The zero-order valence-electron chi connectivity index (χ0n) is 17.6. The average Bonchev–Trinajstić information content (AvgIpc) is 3.09. The minimum Gasteiger partial charge on any atom is -0.473 e. The minimum atomic E-state index is -0.427. The number of amides is 1. The van der Waals surface area contributed by atoms with Gasteiger partial charge in [0.1, 0.15) is 11.8 Å². The van der Waals surface area contributed by atoms with Crippen LogP contribution in [0, 0.1) is 6.92 Å². The number of alkyl carbamates (subject to hydrolysis) is 1. The number of rotatable bonds is 8. The molecule has 2 aromatic rings. The van der Waals surface area contributed by atoms with Crippen LogP contribution in [0.5, 0.6) is 5.88 Å². The first-order valence-electron chi connectivity index (χ1n) is 10.5. The molecule has 0 bridgehead atoms. The summed E-state index contributed by atoms with van der Waals surface area (Å²) in [5.74, 6) is 0.601. The molecule has 1 N–H and O–H groups in total. The maximum atomic E-state index is 11.9. The molecular weight excluding hydrogens is 370 g/mol. The summed E-state index contributed by atoms with van der Waals surface area (Å²) < 4.78 is 12.9. The second-order valence-electron chi connectivity index (χ2n) is 7.50. The van der Waals surface area contributed by atoms with Gasteiger partial charge in [-0.2, -0.15) is 5.10 Å². The summed E-state index contributed by atoms with van der Waals surface area (Å²) in [6, 6.07) is 0. The predicted molar refractivity (Wildman–Crippen MR) is 110 cm³/mol. The molecule has 0 saturated heterocycles. The highest BCUT2D eigenvalue weighted by molar-refractivity contribution is 5.68. The lowest BCUT2D eigenvalue weighted by molar-refractivity contribution is 0.144. The van der Waals surface area contributed by atoms with E-state index in [-0.39, 0.29) is 6.10 Å². The molecule has 1 fully saturated rings. The van der Waals surface area contributed by atoms with Crippen LogP contribution in [0.2, 0.25) is 0 Å². The fraction of sp³-hybridized carbons (Fsp3) is 0.619. The third-order valence-corrected chi connectivity index (χ3v) is 5.20. The molecule has 8 nitrogen and oxygen atoms in total. The molecule has 0 unspecified atom stereocenters. The first-order valence-corrected chi connectivity index (χ1v) is 10.5. The Hall–Kier alpha value is -2.64. The van der Waals surface area contributed by atoms with Gasteiger partial charge < -0.3 is 14.8 Å². The highest BCUT2D eigenvalue weighted by atomic mass is 16.5. The Kier molecular flexibility index (Phi) is 7.43. The molecule has 0 spiro atoms. The number of nitrogens with zero attached hydrogens (tertiary/aromatic N) is 4. The first-order chi connectivity index (χ1) is 14.1. The Bertz CT molecular complexity index is 815. The fourth-order valence-electron chi connectivity index (χ4n) is 3.46. The third kappa shape index (κ3) is 5.68. The zero-order chi connectivity index (χ0) is 20.6. The fourth-order valence-corrected chi connectivity index (χ4v) is 3.46. The summed E-state index contributed by atoms with van der Waals surface area (Å²) in [6.45, 7) is 4.69. The van der Waals surface area contributed by atoms with Gasteiger partial charge in [-0.1, -0.05) is 19.8 Å². The van der Waals surface area contributed by atoms with Crippen LogP contribution in [0.4, 0.5) is 4.79 Å². The van der Waals surface area contributed by atoms with Crippen molar-refractivity contribution in [1.82, 2.24) is 25.1 Å². The van der Waals surface area contributed by atoms with Gasteiger partial charge in [0.25, 0.3) is 0 Å². The van der Waals surface area contributed by atoms with Crippen molar-refractivity contribution in [2.24, 2.45) is 7.05 Å². The summed E-state index contributed by atoms with van der Waals surface area (Å²) in [4.78, 5) is 21.0. The molecule has 3 rings (SSSR count). The molecule has 29 heavy (non-hydrogen) atoms. The maximum Gasteiger partial charge on any atom is 0.407 e. The number of hydrogen-bond donors (Lipinski definition) is 1. The number of hydrogen-bond acceptors (Lipinski definition) is 6. The van der Waals surface area contributed by atoms with Crippen molar-refractivity contribution >= 4 is 6.09 Å². The lowest BCUT2D eigenvalue weighted by Gasteiger charge is -2.22. The topological polar surface area (TPSA) is 91.2 Å². The second-order valence-corrected chi connectivity index (χ2v) is 7.50. The summed E-state index contributed by atoms with van der Waals surface area (Å²) in [5, 5.41) is 7.10. The molecule has 1 aliphatic carbocycles. The smallest absolute Gasteiger partial charge is 0.407 e. The van der Waals surface area contributed by atoms with Gasteiger partial charge in [-0.25, -0.2) is 14.8 Å². The number of unbranched alkanes of at least 4 members (excludes halogenated alkanes) is 1. The third-order valence-electron chi connectivity index (χ3n) is 5.20. The first kappa shape index (κ1) is 21.1. The van der Waals surface area contributed by atoms with Crippen molar-refractivity contribution in [1.29, 1.82) is 0 Å². The van der Waals surface area contributed by atoms with Crippen LogP contribution in [0.25, 0.3) is 11.3 Å². The van der Waals surface area contributed by atoms with Crippen molar-refractivity contribution < 1.29 is 14.3 Å². The Morgan fingerprint density at radius 1 is 1.28 bits per heavy atom. The van der Waals surface area contributed by atoms with Crippen molar-refractivity contribution in [3.05, 3.63) is 23.8 Å². The van der Waals surface area contributed by atoms with Crippen molar-refractivity contribution in [3.63, 3.8) is 0 Å². The SMILES string of the molecule is CCCCOC(=O)NCc1c(-c2cnc(OC3CCCCC3)c(C)n2)cnn1C. The molecule has 0 aliphatic heterocycles. The summed E-state index contributed by atoms with van der Waals surface area (Å²) in [6.07, 6.45) is 11.0. The Morgan fingerprint density at radius 3 is 2.79 bits per heavy atom. The quantitative estimate of drug-likeness (QED) is 0.674. The molecular formula is C21H31N5O3. The number of ether oxygens (including phenoxy) is 2. The van der Waals surface area contributed by atoms with E-state index in [4.69, 9.17) is 9.47 Å². The van der Waals surface area contributed by atoms with Crippen molar-refractivity contribution in [2.45, 2.75) is 71.4 Å². The van der Waals surface area contributed by atoms with Crippen molar-refractivity contribution in [3.8, 4) is 17.1 Å². The van der Waals surface area contributed by atoms with E-state index in [1.807, 2.05) is 14.0 Å². The monoisotopic (exact) mass is 401 g/mol. The van der Waals surface area contributed by atoms with E-state index in [1.165, 1.54) is 19.3 Å². The molecule has 1 saturated carbocycles. The van der Waals surface area contributed by atoms with E-state index in [1.54, 1.807) is 17.1 Å². The molecule has 8 heteroatoms. The van der Waals surface area contributed by atoms with E-state index in [2.05, 4.69) is 27.3 Å². The van der Waals surface area contributed by atoms with Crippen LogP contribution in [-0.2, 0) is 18.3 Å². The highest BCUT2D eigenvalue weighted by Crippen LogP contribution is 2.26. The normalized spacial score (nSPS) is 14.6. The Labute approximate surface area is 172 Å². The van der Waals surface area contributed by atoms with Crippen LogP contribution in [0.3, 0.4) is 0 Å². The van der Waals surface area contributed by atoms with Gasteiger partial charge >= 0.3 is 6.09 Å². The number of aromatic nitrogens is 4. The highest BCUT2D eigenvalue weighted by Gasteiger charge is 2.19. The lowest BCUT2D eigenvalue weighted by atomic mass is 9.98. The Morgan fingerprint density at radius 2 is 2.07 bits per heavy atom. The van der Waals surface area contributed by atoms with Crippen LogP contribution in [0.1, 0.15) is 63.3 Å². The molecule has 2 heterocycles. The molecule has 0 atom stereocenters. The summed E-state index contributed by atoms with van der Waals surface area (Å²) >= 11 is 0. The predicted octanol–water partition coefficient (Wildman–Crippen LogP) is 3.92. The molecule has 1 amide bonds. The summed E-state index contributed by atoms with van der Waals surface area (Å²) in [7, 11) is 1.84. The summed E-state index contributed by atoms with van der Waals surface area (Å²) in [5.41, 5.74) is 3.14. The van der Waals surface area contributed by atoms with Gasteiger partial charge in [0.2, 0.25) is 5.88 Å². The van der Waals surface area contributed by atoms with E-state index >= 15 is 0 Å². The van der Waals surface area contributed by atoms with Crippen LogP contribution < -0.4 is 10.1 Å². The number of carbonyl (C=O) groups is 1. The Balaban J connectivity index is 1.67. The van der Waals surface area contributed by atoms with Crippen LogP contribution >= 0.6 is 0 Å². The van der Waals surface area contributed by atoms with Crippen LogP contribution in [-0.4, -0.2) is 38.6 Å². The molecule has 0 aromatic carbocycles. The average molecular weight is 402 g/mol. The van der Waals surface area contributed by atoms with Crippen molar-refractivity contribution in [2.75, 3.05) is 6.61 Å². The van der Waals surface area contributed by atoms with E-state index < -0.39 is 6.09 Å². The standard InChI is InChI=1S/C21H31N5O3/c1-4-5-11-28-21(27)23-14-19-17(12-24-26(19)3)18-13-22-20(15(2)25-18)29-16-9-7-6-8-10-16/h12-13,16H,4-11,14H2,1-3H3,(H,23,27). The largest absolute Gasteiger partial charge is 0.473 e. The lowest BCUT2D eigenvalue weighted by Crippen LogP contribution is -2.25. The number of carbonyl (C=O) groups excluding carboxylic acids is 1. The van der Waals surface area contributed by atoms with E-state index in [0.29, 0.717) is 24.7 Å². The van der Waals surface area contributed by atoms with Gasteiger partial charge in [0, 0.05) is 12.6 Å². The number of aryl methyl sites for hydroxylation is 2. The molecule has 0 radical (unpaired) electrons. The molecule has 1 aliphatic rings. The van der Waals surface area contributed by atoms with Gasteiger partial charge in [-0.15, -0.1) is 0 Å². The minimum absolute atomic E-state index is 0.236. The molecule has 2 aromatic heterocycles. The van der Waals surface area contributed by atoms with E-state index in [0.717, 1.165) is 42.6 Å². The van der Waals surface area contributed by atoms with Gasteiger partial charge in [-0.3, -0.25) is 4.68 Å². The maximum absolute atomic E-state index is 11.9. The van der Waals surface area contributed by atoms with Gasteiger partial charge in [0.05, 0.1) is 36.9 Å². The number of nitrogens with one attached hydrogen (secondary N) is 1.